The molecule has 165 valence electrons. The van der Waals surface area contributed by atoms with Crippen LogP contribution in [-0.4, -0.2) is 75.2 Å². The number of ether oxygens (including phenoxy) is 1. The molecule has 1 aliphatic heterocycles. The third-order valence-corrected chi connectivity index (χ3v) is 7.11. The van der Waals surface area contributed by atoms with Gasteiger partial charge in [-0.1, -0.05) is 5.92 Å². The minimum absolute atomic E-state index is 0.253. The van der Waals surface area contributed by atoms with Gasteiger partial charge < -0.3 is 33.9 Å². The lowest BCUT2D eigenvalue weighted by Gasteiger charge is -2.35. The van der Waals surface area contributed by atoms with E-state index in [-0.39, 0.29) is 13.0 Å². The SMILES string of the molecule is [B][B][C@H]1C[C@@H](O)C(COP(O)C(N)(C#CC)OP(O)C(C)(C#CC)OP(=O)(O)O)O1. The van der Waals surface area contributed by atoms with E-state index in [9.17, 15) is 19.5 Å². The summed E-state index contributed by atoms with van der Waals surface area (Å²) in [6.45, 7) is 3.54. The maximum atomic E-state index is 11.3. The Kier molecular flexibility index (Phi) is 10.9. The van der Waals surface area contributed by atoms with Gasteiger partial charge in [-0.05, 0) is 33.1 Å². The summed E-state index contributed by atoms with van der Waals surface area (Å²) in [6, 6.07) is -0.476. The van der Waals surface area contributed by atoms with Gasteiger partial charge in [0, 0.05) is 13.7 Å². The summed E-state index contributed by atoms with van der Waals surface area (Å²) >= 11 is 0. The van der Waals surface area contributed by atoms with Crippen LogP contribution in [0, 0.1) is 23.7 Å². The highest BCUT2D eigenvalue weighted by Crippen LogP contribution is 2.60. The molecule has 1 heterocycles. The maximum absolute atomic E-state index is 11.3. The van der Waals surface area contributed by atoms with Crippen molar-refractivity contribution < 1.29 is 47.6 Å². The van der Waals surface area contributed by atoms with Gasteiger partial charge in [-0.15, -0.1) is 11.8 Å². The summed E-state index contributed by atoms with van der Waals surface area (Å²) in [7, 11) is -4.02. The Morgan fingerprint density at radius 2 is 1.90 bits per heavy atom. The second-order valence-electron chi connectivity index (χ2n) is 6.15. The molecule has 3 radical (unpaired) electrons. The maximum Gasteiger partial charge on any atom is 0.471 e. The second kappa shape index (κ2) is 11.7. The Bertz CT molecular complexity index is 752. The Morgan fingerprint density at radius 3 is 2.37 bits per heavy atom. The predicted molar refractivity (Wildman–Crippen MR) is 111 cm³/mol. The molecule has 16 heteroatoms. The van der Waals surface area contributed by atoms with Crippen LogP contribution in [-0.2, 0) is 22.9 Å². The third-order valence-electron chi connectivity index (χ3n) is 3.66. The summed E-state index contributed by atoms with van der Waals surface area (Å²) < 4.78 is 31.8. The topological polar surface area (TPSA) is 181 Å². The minimum atomic E-state index is -5.07. The Labute approximate surface area is 179 Å². The van der Waals surface area contributed by atoms with Gasteiger partial charge in [0.2, 0.25) is 22.1 Å². The molecule has 7 atom stereocenters. The van der Waals surface area contributed by atoms with E-state index in [1.807, 2.05) is 0 Å². The Hall–Kier alpha value is -0.0601. The van der Waals surface area contributed by atoms with Crippen molar-refractivity contribution in [2.75, 3.05) is 6.61 Å². The molecule has 5 unspecified atom stereocenters. The molecule has 7 N–H and O–H groups in total. The fourth-order valence-corrected chi connectivity index (χ4v) is 5.34. The van der Waals surface area contributed by atoms with Crippen LogP contribution < -0.4 is 5.73 Å². The van der Waals surface area contributed by atoms with Crippen molar-refractivity contribution in [3.8, 4) is 23.7 Å². The average Bonchev–Trinajstić information content (AvgIpc) is 2.98. The highest BCUT2D eigenvalue weighted by Gasteiger charge is 2.48. The van der Waals surface area contributed by atoms with E-state index in [0.717, 1.165) is 6.92 Å². The zero-order valence-electron chi connectivity index (χ0n) is 16.5. The summed E-state index contributed by atoms with van der Waals surface area (Å²) in [6.07, 6.45) is -1.43. The number of phosphoric ester groups is 1. The highest BCUT2D eigenvalue weighted by molar-refractivity contribution is 7.53. The minimum Gasteiger partial charge on any atom is -0.390 e. The summed E-state index contributed by atoms with van der Waals surface area (Å²) in [5.41, 5.74) is 3.71. The van der Waals surface area contributed by atoms with Crippen LogP contribution in [0.4, 0.5) is 0 Å². The highest BCUT2D eigenvalue weighted by atomic mass is 31.2. The first kappa shape index (κ1) is 28.0. The Balaban J connectivity index is 2.94. The van der Waals surface area contributed by atoms with E-state index in [1.165, 1.54) is 21.0 Å². The molecular formula is C14H23B2NO10P3. The molecule has 0 aliphatic carbocycles. The van der Waals surface area contributed by atoms with Crippen molar-refractivity contribution in [1.29, 1.82) is 0 Å². The molecule has 1 aliphatic rings. The zero-order chi connectivity index (χ0) is 23.2. The van der Waals surface area contributed by atoms with Gasteiger partial charge in [-0.2, -0.15) is 0 Å². The molecule has 0 bridgehead atoms. The number of aliphatic hydroxyl groups excluding tert-OH is 1. The summed E-state index contributed by atoms with van der Waals surface area (Å²) in [5, 5.41) is 7.80. The van der Waals surface area contributed by atoms with E-state index in [4.69, 9.17) is 37.0 Å². The largest absolute Gasteiger partial charge is 0.471 e. The smallest absolute Gasteiger partial charge is 0.390 e. The van der Waals surface area contributed by atoms with Crippen LogP contribution in [0.1, 0.15) is 27.2 Å². The van der Waals surface area contributed by atoms with Gasteiger partial charge >= 0.3 is 7.82 Å². The number of hydrogen-bond donors (Lipinski definition) is 6. The molecule has 1 saturated heterocycles. The molecule has 30 heavy (non-hydrogen) atoms. The quantitative estimate of drug-likeness (QED) is 0.102. The molecule has 0 saturated carbocycles. The summed E-state index contributed by atoms with van der Waals surface area (Å²) in [5.74, 6) is 9.47. The van der Waals surface area contributed by atoms with Gasteiger partial charge in [0.25, 0.3) is 5.47 Å². The third kappa shape index (κ3) is 8.13. The monoisotopic (exact) mass is 480 g/mol. The first-order valence-electron chi connectivity index (χ1n) is 8.42. The van der Waals surface area contributed by atoms with Crippen molar-refractivity contribution in [3.05, 3.63) is 0 Å². The lowest BCUT2D eigenvalue weighted by Crippen LogP contribution is -2.41. The van der Waals surface area contributed by atoms with Gasteiger partial charge in [-0.25, -0.2) is 4.57 Å². The number of rotatable bonds is 10. The van der Waals surface area contributed by atoms with Gasteiger partial charge in [0.15, 0.2) is 0 Å². The fourth-order valence-electron chi connectivity index (χ4n) is 2.35. The molecule has 0 aromatic rings. The van der Waals surface area contributed by atoms with Crippen LogP contribution >= 0.6 is 24.6 Å². The van der Waals surface area contributed by atoms with Crippen molar-refractivity contribution in [3.63, 3.8) is 0 Å². The molecule has 11 nitrogen and oxygen atoms in total. The van der Waals surface area contributed by atoms with Gasteiger partial charge in [0.1, 0.15) is 6.10 Å². The average molecular weight is 480 g/mol. The summed E-state index contributed by atoms with van der Waals surface area (Å²) in [4.78, 5) is 39.1. The lowest BCUT2D eigenvalue weighted by atomic mass is 9.51. The normalized spacial score (nSPS) is 27.4. The molecule has 0 aromatic carbocycles. The molecule has 1 fully saturated rings. The van der Waals surface area contributed by atoms with Crippen molar-refractivity contribution in [1.82, 2.24) is 0 Å². The van der Waals surface area contributed by atoms with Crippen LogP contribution in [0.2, 0.25) is 0 Å². The first-order valence-corrected chi connectivity index (χ1v) is 12.4. The number of phosphoric acid groups is 1. The molecule has 0 amide bonds. The van der Waals surface area contributed by atoms with E-state index in [1.54, 1.807) is 0 Å². The van der Waals surface area contributed by atoms with E-state index in [2.05, 4.69) is 28.2 Å². The van der Waals surface area contributed by atoms with Crippen LogP contribution in [0.15, 0.2) is 0 Å². The van der Waals surface area contributed by atoms with Gasteiger partial charge in [0.05, 0.1) is 19.9 Å². The predicted octanol–water partition coefficient (Wildman–Crippen LogP) is -0.624. The molecule has 0 spiro atoms. The van der Waals surface area contributed by atoms with E-state index >= 15 is 0 Å². The number of aliphatic hydroxyl groups is 1. The molecular weight excluding hydrogens is 457 g/mol. The zero-order valence-corrected chi connectivity index (χ0v) is 19.2. The lowest BCUT2D eigenvalue weighted by molar-refractivity contribution is 0.0000361. The van der Waals surface area contributed by atoms with E-state index < -0.39 is 53.6 Å². The molecule has 1 rings (SSSR count). The first-order chi connectivity index (χ1) is 13.8. The van der Waals surface area contributed by atoms with Crippen LogP contribution in [0.3, 0.4) is 0 Å². The number of nitrogens with two attached hydrogens (primary N) is 1. The fraction of sp³-hybridized carbons (Fsp3) is 0.714. The van der Waals surface area contributed by atoms with E-state index in [0.29, 0.717) is 0 Å². The van der Waals surface area contributed by atoms with Gasteiger partial charge in [-0.3, -0.25) is 14.8 Å². The van der Waals surface area contributed by atoms with Crippen molar-refractivity contribution >= 4 is 39.5 Å². The molecule has 0 aromatic heterocycles. The Morgan fingerprint density at radius 1 is 1.30 bits per heavy atom. The van der Waals surface area contributed by atoms with Crippen molar-refractivity contribution in [2.24, 2.45) is 5.73 Å². The van der Waals surface area contributed by atoms with Crippen LogP contribution in [0.5, 0.6) is 0 Å². The number of hydrogen-bond acceptors (Lipinski definition) is 9. The second-order valence-corrected chi connectivity index (χ2v) is 10.4. The van der Waals surface area contributed by atoms with Crippen LogP contribution in [0.25, 0.3) is 0 Å². The standard InChI is InChI=1S/C14H23B2NO10P3/c1-4-6-13(3,27-30(21,22)23)28(19)26-14(17,7-5-2)29(20)24-9-11-10(18)8-12(16-15)25-11/h10-12,18-20H,8-9,17H2,1-3H3,(H2,21,22,23)/t10-,11?,12-,13?,14?,28?,29?/m1/s1. The van der Waals surface area contributed by atoms with Crippen molar-refractivity contribution in [2.45, 2.75) is 56.2 Å².